The molecule has 2 saturated heterocycles. The summed E-state index contributed by atoms with van der Waals surface area (Å²) in [5, 5.41) is 26.2. The molecule has 0 radical (unpaired) electrons. The third-order valence-electron chi connectivity index (χ3n) is 5.97. The number of carboxylic acids is 1. The number of carbonyl (C=O) groups excluding carboxylic acids is 7. The van der Waals surface area contributed by atoms with Gasteiger partial charge in [-0.25, -0.2) is 4.79 Å². The standard InChI is InChI=1S/C24H36N7O10PS2/c1-24(2,3)41-19(37)8-27-21(38)11(4-18(35)36)29-22(39)12(28-17(34)9-42-43)6-25-16(33)7-26-15(32)5-14-20-13(10-44-14)30-23(40)31-20/h11-14,20H,4-10H2,1-3H3,(H,25,33)(H,26,32)(H,27,38)(H,28,34)(H,29,39)(H,35,36)(H2,30,31,40). The van der Waals surface area contributed by atoms with E-state index in [9.17, 15) is 43.5 Å². The van der Waals surface area contributed by atoms with Crippen LogP contribution in [0.1, 0.15) is 33.6 Å². The van der Waals surface area contributed by atoms with Crippen LogP contribution in [-0.4, -0.2) is 119 Å². The van der Waals surface area contributed by atoms with Crippen molar-refractivity contribution in [1.29, 1.82) is 0 Å². The maximum Gasteiger partial charge on any atom is 0.325 e. The number of esters is 1. The van der Waals surface area contributed by atoms with E-state index in [4.69, 9.17) is 16.5 Å². The van der Waals surface area contributed by atoms with E-state index < -0.39 is 85.2 Å². The first kappa shape index (κ1) is 36.6. The highest BCUT2D eigenvalue weighted by atomic mass is 32.4. The molecule has 44 heavy (non-hydrogen) atoms. The van der Waals surface area contributed by atoms with Crippen LogP contribution in [-0.2, 0) is 50.1 Å². The van der Waals surface area contributed by atoms with E-state index in [0.717, 1.165) is 0 Å². The van der Waals surface area contributed by atoms with Crippen LogP contribution in [0, 0.1) is 0 Å². The number of fused-ring (bicyclic) bond motifs is 1. The van der Waals surface area contributed by atoms with Crippen LogP contribution in [0.25, 0.3) is 0 Å². The van der Waals surface area contributed by atoms with Crippen LogP contribution < -0.4 is 37.2 Å². The van der Waals surface area contributed by atoms with E-state index in [2.05, 4.69) is 37.2 Å². The summed E-state index contributed by atoms with van der Waals surface area (Å²) in [5.74, 6) is -5.33. The topological polar surface area (TPSA) is 250 Å². The molecule has 17 nitrogen and oxygen atoms in total. The van der Waals surface area contributed by atoms with Gasteiger partial charge >= 0.3 is 18.0 Å². The maximum atomic E-state index is 13.0. The Bertz CT molecular complexity index is 1170. The molecule has 5 atom stereocenters. The zero-order valence-corrected chi connectivity index (χ0v) is 26.7. The number of carbonyl (C=O) groups is 8. The minimum absolute atomic E-state index is 0.0589. The van der Waals surface area contributed by atoms with Crippen molar-refractivity contribution < 1.29 is 48.2 Å². The van der Waals surface area contributed by atoms with E-state index in [1.165, 1.54) is 11.8 Å². The Balaban J connectivity index is 1.93. The minimum atomic E-state index is -1.64. The number of rotatable bonds is 16. The lowest BCUT2D eigenvalue weighted by Crippen LogP contribution is -2.58. The number of carboxylic acid groups (broad SMARTS) is 1. The number of nitrogens with one attached hydrogen (secondary N) is 7. The van der Waals surface area contributed by atoms with Crippen LogP contribution >= 0.6 is 19.1 Å². The molecule has 0 spiro atoms. The lowest BCUT2D eigenvalue weighted by atomic mass is 10.1. The zero-order chi connectivity index (χ0) is 33.0. The highest BCUT2D eigenvalue weighted by Gasteiger charge is 2.43. The molecule has 0 bridgehead atoms. The van der Waals surface area contributed by atoms with Gasteiger partial charge in [-0.15, -0.1) is 0 Å². The zero-order valence-electron chi connectivity index (χ0n) is 24.2. The van der Waals surface area contributed by atoms with E-state index in [1.807, 2.05) is 0 Å². The number of ether oxygens (including phenoxy) is 1. The third kappa shape index (κ3) is 13.0. The minimum Gasteiger partial charge on any atom is -0.481 e. The molecule has 2 heterocycles. The van der Waals surface area contributed by atoms with E-state index in [0.29, 0.717) is 5.75 Å². The Morgan fingerprint density at radius 1 is 0.977 bits per heavy atom. The highest BCUT2D eigenvalue weighted by Crippen LogP contribution is 2.31. The van der Waals surface area contributed by atoms with Gasteiger partial charge in [0.2, 0.25) is 29.5 Å². The molecule has 2 aliphatic rings. The van der Waals surface area contributed by atoms with Crippen LogP contribution in [0.15, 0.2) is 0 Å². The monoisotopic (exact) mass is 677 g/mol. The van der Waals surface area contributed by atoms with Gasteiger partial charge < -0.3 is 47.1 Å². The average Bonchev–Trinajstić information content (AvgIpc) is 3.46. The summed E-state index contributed by atoms with van der Waals surface area (Å²) in [7, 11) is 0.273. The van der Waals surface area contributed by atoms with Crippen LogP contribution in [0.5, 0.6) is 0 Å². The molecule has 8 N–H and O–H groups in total. The molecule has 0 saturated carbocycles. The second-order valence-corrected chi connectivity index (χ2v) is 13.4. The number of aliphatic carboxylic acids is 1. The molecular weight excluding hydrogens is 641 g/mol. The molecule has 2 aliphatic heterocycles. The van der Waals surface area contributed by atoms with Crippen molar-refractivity contribution in [1.82, 2.24) is 37.2 Å². The molecule has 0 aromatic carbocycles. The SMILES string of the molecule is CC(C)(C)OC(=O)CNC(=O)C(CC(=O)O)NC(=O)C(CNC(=O)CNC(=O)CC1SCC2NC(=O)NC21)NC(=O)CP=S. The Morgan fingerprint density at radius 2 is 1.68 bits per heavy atom. The first-order valence-electron chi connectivity index (χ1n) is 13.4. The van der Waals surface area contributed by atoms with Crippen LogP contribution in [0.4, 0.5) is 4.79 Å². The predicted molar refractivity (Wildman–Crippen MR) is 160 cm³/mol. The Morgan fingerprint density at radius 3 is 2.32 bits per heavy atom. The molecule has 2 fully saturated rings. The van der Waals surface area contributed by atoms with Crippen molar-refractivity contribution in [3.8, 4) is 0 Å². The molecule has 244 valence electrons. The van der Waals surface area contributed by atoms with Crippen LogP contribution in [0.2, 0.25) is 0 Å². The summed E-state index contributed by atoms with van der Waals surface area (Å²) >= 11 is 6.27. The van der Waals surface area contributed by atoms with Gasteiger partial charge in [-0.05, 0) is 28.1 Å². The lowest BCUT2D eigenvalue weighted by molar-refractivity contribution is -0.154. The second kappa shape index (κ2) is 17.1. The van der Waals surface area contributed by atoms with E-state index in [1.54, 1.807) is 20.8 Å². The summed E-state index contributed by atoms with van der Waals surface area (Å²) in [4.78, 5) is 97.4. The fourth-order valence-electron chi connectivity index (χ4n) is 4.10. The van der Waals surface area contributed by atoms with Crippen molar-refractivity contribution in [3.05, 3.63) is 0 Å². The quantitative estimate of drug-likeness (QED) is 0.0465. The van der Waals surface area contributed by atoms with Crippen LogP contribution in [0.3, 0.4) is 0 Å². The molecule has 0 aromatic rings. The fraction of sp³-hybridized carbons (Fsp3) is 0.667. The van der Waals surface area contributed by atoms with E-state index in [-0.39, 0.29) is 43.3 Å². The number of hydrogen-bond acceptors (Lipinski definition) is 11. The maximum absolute atomic E-state index is 13.0. The highest BCUT2D eigenvalue weighted by molar-refractivity contribution is 8.00. The number of amides is 7. The van der Waals surface area contributed by atoms with Gasteiger partial charge in [0, 0.05) is 24.0 Å². The van der Waals surface area contributed by atoms with Gasteiger partial charge in [-0.2, -0.15) is 11.8 Å². The summed E-state index contributed by atoms with van der Waals surface area (Å²) in [6, 6.07) is -3.65. The fourth-order valence-corrected chi connectivity index (χ4v) is 6.14. The second-order valence-electron chi connectivity index (χ2n) is 10.8. The molecule has 5 unspecified atom stereocenters. The number of thioether (sulfide) groups is 1. The number of hydrogen-bond donors (Lipinski definition) is 8. The van der Waals surface area contributed by atoms with Crippen molar-refractivity contribution in [2.75, 3.05) is 31.5 Å². The lowest BCUT2D eigenvalue weighted by Gasteiger charge is -2.23. The molecule has 2 rings (SSSR count). The van der Waals surface area contributed by atoms with Crippen molar-refractivity contribution in [2.24, 2.45) is 0 Å². The normalized spacial score (nSPS) is 20.2. The van der Waals surface area contributed by atoms with Crippen molar-refractivity contribution in [3.63, 3.8) is 0 Å². The molecule has 20 heteroatoms. The first-order valence-corrected chi connectivity index (χ1v) is 16.5. The van der Waals surface area contributed by atoms with Gasteiger partial charge in [0.05, 0.1) is 31.2 Å². The Hall–Kier alpha value is -3.57. The van der Waals surface area contributed by atoms with Gasteiger partial charge in [-0.3, -0.25) is 33.6 Å². The first-order chi connectivity index (χ1) is 20.6. The molecule has 0 aliphatic carbocycles. The third-order valence-corrected chi connectivity index (χ3v) is 8.22. The molecule has 7 amide bonds. The Kier molecular flexibility index (Phi) is 14.2. The summed E-state index contributed by atoms with van der Waals surface area (Å²) < 4.78 is 5.08. The van der Waals surface area contributed by atoms with E-state index >= 15 is 0 Å². The Labute approximate surface area is 263 Å². The largest absolute Gasteiger partial charge is 0.481 e. The summed E-state index contributed by atoms with van der Waals surface area (Å²) in [6.45, 7) is 3.34. The molecular formula is C24H36N7O10PS2. The number of urea groups is 1. The average molecular weight is 678 g/mol. The smallest absolute Gasteiger partial charge is 0.325 e. The van der Waals surface area contributed by atoms with Gasteiger partial charge in [0.1, 0.15) is 24.2 Å². The van der Waals surface area contributed by atoms with Gasteiger partial charge in [0.15, 0.2) is 0 Å². The van der Waals surface area contributed by atoms with Gasteiger partial charge in [0.25, 0.3) is 0 Å². The molecule has 0 aromatic heterocycles. The summed E-state index contributed by atoms with van der Waals surface area (Å²) in [5.41, 5.74) is -0.829. The predicted octanol–water partition coefficient (Wildman–Crippen LogP) is -2.92. The van der Waals surface area contributed by atoms with Crippen molar-refractivity contribution in [2.45, 2.75) is 68.6 Å². The summed E-state index contributed by atoms with van der Waals surface area (Å²) in [6.07, 6.45) is -0.950. The van der Waals surface area contributed by atoms with Crippen molar-refractivity contribution >= 4 is 78.4 Å². The van der Waals surface area contributed by atoms with Gasteiger partial charge in [-0.1, -0.05) is 11.8 Å².